The molecule has 22 heavy (non-hydrogen) atoms. The molecule has 0 saturated carbocycles. The van der Waals surface area contributed by atoms with Gasteiger partial charge in [-0.05, 0) is 37.6 Å². The SMILES string of the molecule is CC(C)Nc1cccc(C(=O)N[C@@H](CO)c2ccccc2)c1. The Morgan fingerprint density at radius 3 is 2.45 bits per heavy atom. The van der Waals surface area contributed by atoms with Crippen LogP contribution >= 0.6 is 0 Å². The summed E-state index contributed by atoms with van der Waals surface area (Å²) in [5, 5.41) is 15.7. The number of nitrogens with one attached hydrogen (secondary N) is 2. The Morgan fingerprint density at radius 2 is 1.82 bits per heavy atom. The van der Waals surface area contributed by atoms with E-state index in [-0.39, 0.29) is 12.5 Å². The molecule has 0 radical (unpaired) electrons. The number of carbonyl (C=O) groups is 1. The molecule has 0 spiro atoms. The summed E-state index contributed by atoms with van der Waals surface area (Å²) in [5.74, 6) is -0.199. The highest BCUT2D eigenvalue weighted by atomic mass is 16.3. The van der Waals surface area contributed by atoms with Gasteiger partial charge in [0.15, 0.2) is 0 Å². The lowest BCUT2D eigenvalue weighted by Crippen LogP contribution is -2.30. The van der Waals surface area contributed by atoms with E-state index in [0.717, 1.165) is 11.3 Å². The van der Waals surface area contributed by atoms with E-state index in [0.29, 0.717) is 11.6 Å². The van der Waals surface area contributed by atoms with Crippen molar-refractivity contribution in [3.8, 4) is 0 Å². The lowest BCUT2D eigenvalue weighted by molar-refractivity contribution is 0.0916. The van der Waals surface area contributed by atoms with E-state index >= 15 is 0 Å². The Balaban J connectivity index is 2.11. The zero-order valence-electron chi connectivity index (χ0n) is 12.9. The predicted molar refractivity (Wildman–Crippen MR) is 88.9 cm³/mol. The number of amides is 1. The maximum absolute atomic E-state index is 12.4. The van der Waals surface area contributed by atoms with Crippen LogP contribution in [-0.2, 0) is 0 Å². The normalized spacial score (nSPS) is 12.0. The molecule has 0 aromatic heterocycles. The van der Waals surface area contributed by atoms with Crippen LogP contribution in [0.3, 0.4) is 0 Å². The molecule has 0 heterocycles. The number of aliphatic hydroxyl groups is 1. The molecule has 0 aliphatic carbocycles. The average Bonchev–Trinajstić information content (AvgIpc) is 2.53. The Bertz CT molecular complexity index is 611. The maximum Gasteiger partial charge on any atom is 0.251 e. The van der Waals surface area contributed by atoms with E-state index in [1.807, 2.05) is 62.4 Å². The molecule has 116 valence electrons. The van der Waals surface area contributed by atoms with Crippen molar-refractivity contribution in [2.45, 2.75) is 25.9 Å². The lowest BCUT2D eigenvalue weighted by atomic mass is 10.1. The number of hydrogen-bond donors (Lipinski definition) is 3. The zero-order valence-corrected chi connectivity index (χ0v) is 12.9. The van der Waals surface area contributed by atoms with Gasteiger partial charge in [-0.1, -0.05) is 36.4 Å². The predicted octanol–water partition coefficient (Wildman–Crippen LogP) is 2.97. The maximum atomic E-state index is 12.4. The standard InChI is InChI=1S/C18H22N2O2/c1-13(2)19-16-10-6-9-15(11-16)18(22)20-17(12-21)14-7-4-3-5-8-14/h3-11,13,17,19,21H,12H2,1-2H3,(H,20,22)/t17-/m0/s1. The molecular formula is C18H22N2O2. The lowest BCUT2D eigenvalue weighted by Gasteiger charge is -2.17. The first-order valence-electron chi connectivity index (χ1n) is 7.43. The van der Waals surface area contributed by atoms with Crippen LogP contribution in [0.25, 0.3) is 0 Å². The highest BCUT2D eigenvalue weighted by Crippen LogP contribution is 2.15. The average molecular weight is 298 g/mol. The van der Waals surface area contributed by atoms with E-state index in [9.17, 15) is 9.90 Å². The van der Waals surface area contributed by atoms with E-state index < -0.39 is 6.04 Å². The molecule has 3 N–H and O–H groups in total. The third-order valence-electron chi connectivity index (χ3n) is 3.27. The summed E-state index contributed by atoms with van der Waals surface area (Å²) in [6.07, 6.45) is 0. The van der Waals surface area contributed by atoms with Gasteiger partial charge in [-0.15, -0.1) is 0 Å². The third-order valence-corrected chi connectivity index (χ3v) is 3.27. The van der Waals surface area contributed by atoms with Crippen LogP contribution in [0.5, 0.6) is 0 Å². The Kier molecular flexibility index (Phi) is 5.55. The van der Waals surface area contributed by atoms with Gasteiger partial charge >= 0.3 is 0 Å². The first kappa shape index (κ1) is 16.0. The summed E-state index contributed by atoms with van der Waals surface area (Å²) in [6, 6.07) is 16.7. The zero-order chi connectivity index (χ0) is 15.9. The summed E-state index contributed by atoms with van der Waals surface area (Å²) in [7, 11) is 0. The van der Waals surface area contributed by atoms with Crippen molar-refractivity contribution in [2.24, 2.45) is 0 Å². The first-order chi connectivity index (χ1) is 10.6. The van der Waals surface area contributed by atoms with Crippen LogP contribution in [0.15, 0.2) is 54.6 Å². The van der Waals surface area contributed by atoms with Crippen molar-refractivity contribution in [3.05, 3.63) is 65.7 Å². The van der Waals surface area contributed by atoms with Crippen LogP contribution < -0.4 is 10.6 Å². The highest BCUT2D eigenvalue weighted by Gasteiger charge is 2.15. The van der Waals surface area contributed by atoms with Gasteiger partial charge in [0.1, 0.15) is 0 Å². The molecule has 0 fully saturated rings. The molecule has 0 saturated heterocycles. The van der Waals surface area contributed by atoms with Gasteiger partial charge in [-0.2, -0.15) is 0 Å². The quantitative estimate of drug-likeness (QED) is 0.768. The number of hydrogen-bond acceptors (Lipinski definition) is 3. The molecule has 2 aromatic rings. The van der Waals surface area contributed by atoms with E-state index in [1.54, 1.807) is 6.07 Å². The van der Waals surface area contributed by atoms with Crippen LogP contribution in [0.4, 0.5) is 5.69 Å². The fourth-order valence-electron chi connectivity index (χ4n) is 2.24. The van der Waals surface area contributed by atoms with Gasteiger partial charge in [-0.3, -0.25) is 4.79 Å². The van der Waals surface area contributed by atoms with Gasteiger partial charge in [0.25, 0.3) is 5.91 Å². The van der Waals surface area contributed by atoms with Crippen LogP contribution in [0, 0.1) is 0 Å². The monoisotopic (exact) mass is 298 g/mol. The van der Waals surface area contributed by atoms with Gasteiger partial charge in [0.2, 0.25) is 0 Å². The number of carbonyl (C=O) groups excluding carboxylic acids is 1. The van der Waals surface area contributed by atoms with Gasteiger partial charge in [0.05, 0.1) is 12.6 Å². The minimum atomic E-state index is -0.407. The topological polar surface area (TPSA) is 61.4 Å². The first-order valence-corrected chi connectivity index (χ1v) is 7.43. The van der Waals surface area contributed by atoms with E-state index in [4.69, 9.17) is 0 Å². The number of benzene rings is 2. The minimum Gasteiger partial charge on any atom is -0.394 e. The van der Waals surface area contributed by atoms with Crippen LogP contribution in [-0.4, -0.2) is 23.7 Å². The molecule has 1 amide bonds. The molecular weight excluding hydrogens is 276 g/mol. The summed E-state index contributed by atoms with van der Waals surface area (Å²) in [6.45, 7) is 3.95. The summed E-state index contributed by atoms with van der Waals surface area (Å²) in [4.78, 5) is 12.4. The van der Waals surface area contributed by atoms with Crippen molar-refractivity contribution >= 4 is 11.6 Å². The molecule has 0 aliphatic heterocycles. The van der Waals surface area contributed by atoms with Crippen molar-refractivity contribution in [2.75, 3.05) is 11.9 Å². The molecule has 0 aliphatic rings. The minimum absolute atomic E-state index is 0.139. The molecule has 4 nitrogen and oxygen atoms in total. The van der Waals surface area contributed by atoms with Crippen molar-refractivity contribution in [1.82, 2.24) is 5.32 Å². The second-order valence-corrected chi connectivity index (χ2v) is 5.50. The van der Waals surface area contributed by atoms with Gasteiger partial charge in [-0.25, -0.2) is 0 Å². The summed E-state index contributed by atoms with van der Waals surface area (Å²) < 4.78 is 0. The van der Waals surface area contributed by atoms with Crippen LogP contribution in [0.2, 0.25) is 0 Å². The summed E-state index contributed by atoms with van der Waals surface area (Å²) >= 11 is 0. The van der Waals surface area contributed by atoms with Crippen molar-refractivity contribution in [3.63, 3.8) is 0 Å². The highest BCUT2D eigenvalue weighted by molar-refractivity contribution is 5.95. The molecule has 2 aromatic carbocycles. The van der Waals surface area contributed by atoms with E-state index in [1.165, 1.54) is 0 Å². The van der Waals surface area contributed by atoms with Gasteiger partial charge in [0, 0.05) is 17.3 Å². The molecule has 0 unspecified atom stereocenters. The third kappa shape index (κ3) is 4.33. The van der Waals surface area contributed by atoms with Crippen molar-refractivity contribution in [1.29, 1.82) is 0 Å². The molecule has 1 atom stereocenters. The smallest absolute Gasteiger partial charge is 0.251 e. The largest absolute Gasteiger partial charge is 0.394 e. The molecule has 0 bridgehead atoms. The van der Waals surface area contributed by atoms with E-state index in [2.05, 4.69) is 10.6 Å². The summed E-state index contributed by atoms with van der Waals surface area (Å²) in [5.41, 5.74) is 2.36. The van der Waals surface area contributed by atoms with Crippen molar-refractivity contribution < 1.29 is 9.90 Å². The number of aliphatic hydroxyl groups excluding tert-OH is 1. The van der Waals surface area contributed by atoms with Crippen LogP contribution in [0.1, 0.15) is 35.8 Å². The Labute approximate surface area is 131 Å². The Hall–Kier alpha value is -2.33. The number of anilines is 1. The second kappa shape index (κ2) is 7.61. The van der Waals surface area contributed by atoms with Gasteiger partial charge < -0.3 is 15.7 Å². The second-order valence-electron chi connectivity index (χ2n) is 5.50. The number of rotatable bonds is 6. The fraction of sp³-hybridized carbons (Fsp3) is 0.278. The Morgan fingerprint density at radius 1 is 1.09 bits per heavy atom. The fourth-order valence-corrected chi connectivity index (χ4v) is 2.24. The molecule has 2 rings (SSSR count). The molecule has 4 heteroatoms.